The number of hydrogen-bond acceptors (Lipinski definition) is 6. The first-order valence-corrected chi connectivity index (χ1v) is 8.66. The zero-order valence-electron chi connectivity index (χ0n) is 13.8. The average molecular weight is 308 g/mol. The molecule has 2 atom stereocenters. The van der Waals surface area contributed by atoms with E-state index >= 15 is 0 Å². The maximum absolute atomic E-state index is 5.85. The van der Waals surface area contributed by atoms with Gasteiger partial charge in [-0.15, -0.1) is 0 Å². The summed E-state index contributed by atoms with van der Waals surface area (Å²) in [6.45, 7) is 10.5. The molecule has 0 aliphatic carbocycles. The summed E-state index contributed by atoms with van der Waals surface area (Å²) in [5.41, 5.74) is 0. The molecule has 0 unspecified atom stereocenters. The van der Waals surface area contributed by atoms with Crippen molar-refractivity contribution in [3.63, 3.8) is 0 Å². The Balaban J connectivity index is 1.46. The van der Waals surface area contributed by atoms with Gasteiger partial charge in [0.05, 0.1) is 12.1 Å². The van der Waals surface area contributed by atoms with E-state index < -0.39 is 0 Å². The van der Waals surface area contributed by atoms with Crippen molar-refractivity contribution in [3.8, 4) is 0 Å². The van der Waals surface area contributed by atoms with Crippen LogP contribution in [0.15, 0.2) is 4.52 Å². The number of aromatic nitrogens is 2. The quantitative estimate of drug-likeness (QED) is 0.828. The molecule has 6 heteroatoms. The average Bonchev–Trinajstić information content (AvgIpc) is 3.05. The fraction of sp³-hybridized carbons (Fsp3) is 0.875. The Morgan fingerprint density at radius 2 is 2.05 bits per heavy atom. The fourth-order valence-electron chi connectivity index (χ4n) is 3.31. The molecule has 124 valence electrons. The van der Waals surface area contributed by atoms with Crippen LogP contribution in [-0.4, -0.2) is 65.4 Å². The highest BCUT2D eigenvalue weighted by Crippen LogP contribution is 2.21. The third-order valence-corrected chi connectivity index (χ3v) is 4.85. The molecule has 2 aliphatic heterocycles. The van der Waals surface area contributed by atoms with E-state index in [1.54, 1.807) is 0 Å². The van der Waals surface area contributed by atoms with Crippen molar-refractivity contribution >= 4 is 0 Å². The Kier molecular flexibility index (Phi) is 5.44. The molecule has 1 aromatic rings. The van der Waals surface area contributed by atoms with Gasteiger partial charge in [-0.1, -0.05) is 12.1 Å². The lowest BCUT2D eigenvalue weighted by atomic mass is 10.1. The highest BCUT2D eigenvalue weighted by molar-refractivity contribution is 4.93. The van der Waals surface area contributed by atoms with Crippen molar-refractivity contribution in [2.45, 2.75) is 51.7 Å². The van der Waals surface area contributed by atoms with Crippen LogP contribution in [0.1, 0.15) is 50.9 Å². The molecule has 0 saturated carbocycles. The Morgan fingerprint density at radius 3 is 2.68 bits per heavy atom. The van der Waals surface area contributed by atoms with Crippen LogP contribution in [0.5, 0.6) is 0 Å². The SMILES string of the molecule is CCc1noc([C@@H](C)N2CCN(C[C@H]3CCCCO3)CC2)n1. The Hall–Kier alpha value is -0.980. The van der Waals surface area contributed by atoms with Gasteiger partial charge < -0.3 is 9.26 Å². The van der Waals surface area contributed by atoms with E-state index in [0.29, 0.717) is 6.10 Å². The van der Waals surface area contributed by atoms with Crippen molar-refractivity contribution in [1.29, 1.82) is 0 Å². The molecule has 22 heavy (non-hydrogen) atoms. The van der Waals surface area contributed by atoms with Gasteiger partial charge in [0.25, 0.3) is 0 Å². The predicted molar refractivity (Wildman–Crippen MR) is 83.7 cm³/mol. The van der Waals surface area contributed by atoms with Gasteiger partial charge in [-0.25, -0.2) is 0 Å². The van der Waals surface area contributed by atoms with Crippen LogP contribution in [0.3, 0.4) is 0 Å². The molecule has 2 aliphatic rings. The van der Waals surface area contributed by atoms with Crippen LogP contribution >= 0.6 is 0 Å². The standard InChI is InChI=1S/C16H28N4O2/c1-3-15-17-16(22-18-15)13(2)20-9-7-19(8-10-20)12-14-6-4-5-11-21-14/h13-14H,3-12H2,1-2H3/t13-,14-/m1/s1. The van der Waals surface area contributed by atoms with Crippen LogP contribution in [0, 0.1) is 0 Å². The second-order valence-electron chi connectivity index (χ2n) is 6.40. The second kappa shape index (κ2) is 7.53. The molecule has 0 amide bonds. The number of ether oxygens (including phenoxy) is 1. The number of rotatable bonds is 5. The van der Waals surface area contributed by atoms with Gasteiger partial charge in [0.15, 0.2) is 5.82 Å². The van der Waals surface area contributed by atoms with E-state index in [0.717, 1.165) is 57.5 Å². The molecular weight excluding hydrogens is 280 g/mol. The lowest BCUT2D eigenvalue weighted by molar-refractivity contribution is -0.0175. The smallest absolute Gasteiger partial charge is 0.243 e. The zero-order valence-corrected chi connectivity index (χ0v) is 13.8. The van der Waals surface area contributed by atoms with E-state index in [2.05, 4.69) is 26.9 Å². The molecule has 0 radical (unpaired) electrons. The Bertz CT molecular complexity index is 451. The number of hydrogen-bond donors (Lipinski definition) is 0. The summed E-state index contributed by atoms with van der Waals surface area (Å²) in [6, 6.07) is 0.209. The molecule has 0 spiro atoms. The third kappa shape index (κ3) is 3.86. The summed E-state index contributed by atoms with van der Waals surface area (Å²) in [5.74, 6) is 1.55. The van der Waals surface area contributed by atoms with Crippen LogP contribution in [0.4, 0.5) is 0 Å². The van der Waals surface area contributed by atoms with Gasteiger partial charge in [-0.2, -0.15) is 4.98 Å². The minimum Gasteiger partial charge on any atom is -0.377 e. The van der Waals surface area contributed by atoms with Gasteiger partial charge in [-0.05, 0) is 26.2 Å². The highest BCUT2D eigenvalue weighted by Gasteiger charge is 2.27. The maximum Gasteiger partial charge on any atom is 0.243 e. The minimum atomic E-state index is 0.209. The third-order valence-electron chi connectivity index (χ3n) is 4.85. The summed E-state index contributed by atoms with van der Waals surface area (Å²) in [5, 5.41) is 4.00. The Morgan fingerprint density at radius 1 is 1.23 bits per heavy atom. The molecule has 0 aromatic carbocycles. The van der Waals surface area contributed by atoms with Crippen molar-refractivity contribution in [2.24, 2.45) is 0 Å². The molecule has 6 nitrogen and oxygen atoms in total. The predicted octanol–water partition coefficient (Wildman–Crippen LogP) is 1.88. The van der Waals surface area contributed by atoms with Crippen LogP contribution in [0.2, 0.25) is 0 Å². The molecule has 3 heterocycles. The largest absolute Gasteiger partial charge is 0.377 e. The minimum absolute atomic E-state index is 0.209. The normalized spacial score (nSPS) is 26.2. The maximum atomic E-state index is 5.85. The second-order valence-corrected chi connectivity index (χ2v) is 6.40. The molecular formula is C16H28N4O2. The van der Waals surface area contributed by atoms with E-state index in [4.69, 9.17) is 9.26 Å². The van der Waals surface area contributed by atoms with Crippen LogP contribution in [-0.2, 0) is 11.2 Å². The van der Waals surface area contributed by atoms with Crippen molar-refractivity contribution in [1.82, 2.24) is 19.9 Å². The van der Waals surface area contributed by atoms with Gasteiger partial charge in [0.1, 0.15) is 0 Å². The molecule has 1 aromatic heterocycles. The summed E-state index contributed by atoms with van der Waals surface area (Å²) in [7, 11) is 0. The van der Waals surface area contributed by atoms with E-state index in [1.807, 2.05) is 6.92 Å². The first-order chi connectivity index (χ1) is 10.8. The van der Waals surface area contributed by atoms with E-state index in [1.165, 1.54) is 19.3 Å². The van der Waals surface area contributed by atoms with Crippen LogP contribution < -0.4 is 0 Å². The van der Waals surface area contributed by atoms with Crippen molar-refractivity contribution in [3.05, 3.63) is 11.7 Å². The Labute approximate surface area is 132 Å². The monoisotopic (exact) mass is 308 g/mol. The van der Waals surface area contributed by atoms with E-state index in [-0.39, 0.29) is 6.04 Å². The van der Waals surface area contributed by atoms with Gasteiger partial charge in [0, 0.05) is 45.8 Å². The van der Waals surface area contributed by atoms with Crippen LogP contribution in [0.25, 0.3) is 0 Å². The summed E-state index contributed by atoms with van der Waals surface area (Å²) < 4.78 is 11.2. The highest BCUT2D eigenvalue weighted by atomic mass is 16.5. The molecule has 2 saturated heterocycles. The van der Waals surface area contributed by atoms with E-state index in [9.17, 15) is 0 Å². The van der Waals surface area contributed by atoms with Crippen molar-refractivity contribution in [2.75, 3.05) is 39.3 Å². The fourth-order valence-corrected chi connectivity index (χ4v) is 3.31. The number of nitrogens with zero attached hydrogens (tertiary/aromatic N) is 4. The lowest BCUT2D eigenvalue weighted by Gasteiger charge is -2.38. The van der Waals surface area contributed by atoms with Gasteiger partial charge in [0.2, 0.25) is 5.89 Å². The summed E-state index contributed by atoms with van der Waals surface area (Å²) in [6.07, 6.45) is 5.04. The van der Waals surface area contributed by atoms with Gasteiger partial charge >= 0.3 is 0 Å². The zero-order chi connectivity index (χ0) is 15.4. The number of aryl methyl sites for hydroxylation is 1. The number of piperazine rings is 1. The molecule has 3 rings (SSSR count). The molecule has 0 N–H and O–H groups in total. The summed E-state index contributed by atoms with van der Waals surface area (Å²) in [4.78, 5) is 9.43. The molecule has 2 fully saturated rings. The first-order valence-electron chi connectivity index (χ1n) is 8.66. The van der Waals surface area contributed by atoms with Crippen molar-refractivity contribution < 1.29 is 9.26 Å². The van der Waals surface area contributed by atoms with Gasteiger partial charge in [-0.3, -0.25) is 9.80 Å². The summed E-state index contributed by atoms with van der Waals surface area (Å²) >= 11 is 0. The molecule has 0 bridgehead atoms. The first kappa shape index (κ1) is 15.9. The lowest BCUT2D eigenvalue weighted by Crippen LogP contribution is -2.49. The topological polar surface area (TPSA) is 54.6 Å².